The fraction of sp³-hybridized carbons (Fsp3) is 0.625. The van der Waals surface area contributed by atoms with Gasteiger partial charge in [-0.25, -0.2) is 0 Å². The highest BCUT2D eigenvalue weighted by atomic mass is 16.6. The van der Waals surface area contributed by atoms with E-state index in [9.17, 15) is 24.3 Å². The molecule has 1 heterocycles. The summed E-state index contributed by atoms with van der Waals surface area (Å²) in [5.41, 5.74) is 0.255. The van der Waals surface area contributed by atoms with E-state index in [4.69, 9.17) is 9.47 Å². The maximum absolute atomic E-state index is 13.7. The van der Waals surface area contributed by atoms with Crippen molar-refractivity contribution in [3.05, 3.63) is 41.5 Å². The number of hydrogen-bond donors (Lipinski definition) is 4. The first kappa shape index (κ1) is 31.7. The molecule has 2 fully saturated rings. The summed E-state index contributed by atoms with van der Waals surface area (Å²) in [6, 6.07) is 4.55. The Labute approximate surface area is 248 Å². The minimum Gasteiger partial charge on any atom is -0.497 e. The maximum atomic E-state index is 13.7. The summed E-state index contributed by atoms with van der Waals surface area (Å²) in [5, 5.41) is 18.7. The monoisotopic (exact) mass is 583 g/mol. The van der Waals surface area contributed by atoms with Crippen LogP contribution in [0.4, 0.5) is 0 Å². The summed E-state index contributed by atoms with van der Waals surface area (Å²) in [6.07, 6.45) is 7.72. The van der Waals surface area contributed by atoms with E-state index in [2.05, 4.69) is 22.0 Å². The Bertz CT molecular complexity index is 1180. The molecule has 4 rings (SSSR count). The van der Waals surface area contributed by atoms with Crippen LogP contribution in [-0.2, 0) is 30.3 Å². The number of benzene rings is 1. The highest BCUT2D eigenvalue weighted by Gasteiger charge is 2.50. The molecule has 4 atom stereocenters. The number of carbonyl (C=O) groups excluding carboxylic acids is 4. The molecule has 42 heavy (non-hydrogen) atoms. The average molecular weight is 584 g/mol. The summed E-state index contributed by atoms with van der Waals surface area (Å²) in [6.45, 7) is 5.40. The van der Waals surface area contributed by atoms with Crippen molar-refractivity contribution in [2.45, 2.75) is 108 Å². The molecule has 0 radical (unpaired) electrons. The van der Waals surface area contributed by atoms with Crippen molar-refractivity contribution in [1.82, 2.24) is 16.0 Å². The van der Waals surface area contributed by atoms with E-state index in [1.165, 1.54) is 0 Å². The van der Waals surface area contributed by atoms with Crippen LogP contribution in [0.5, 0.6) is 5.75 Å². The summed E-state index contributed by atoms with van der Waals surface area (Å²) >= 11 is 0. The molecule has 1 saturated heterocycles. The van der Waals surface area contributed by atoms with Crippen LogP contribution >= 0.6 is 0 Å². The highest BCUT2D eigenvalue weighted by molar-refractivity contribution is 5.98. The Hall–Kier alpha value is -3.24. The lowest BCUT2D eigenvalue weighted by molar-refractivity contribution is -0.135. The molecule has 0 spiro atoms. The number of rotatable bonds is 13. The molecule has 4 N–H and O–H groups in total. The van der Waals surface area contributed by atoms with Gasteiger partial charge in [0.1, 0.15) is 23.4 Å². The van der Waals surface area contributed by atoms with E-state index in [1.54, 1.807) is 40.0 Å². The largest absolute Gasteiger partial charge is 0.497 e. The number of methoxy groups -OCH3 is 1. The van der Waals surface area contributed by atoms with E-state index in [-0.39, 0.29) is 24.0 Å². The average Bonchev–Trinajstić information content (AvgIpc) is 3.50. The van der Waals surface area contributed by atoms with Crippen molar-refractivity contribution in [3.63, 3.8) is 0 Å². The molecule has 1 aliphatic heterocycles. The number of allylic oxidation sites excluding steroid dienone is 1. The zero-order valence-electron chi connectivity index (χ0n) is 25.2. The van der Waals surface area contributed by atoms with E-state index in [0.29, 0.717) is 44.5 Å². The first-order valence-electron chi connectivity index (χ1n) is 15.0. The van der Waals surface area contributed by atoms with Gasteiger partial charge >= 0.3 is 0 Å². The van der Waals surface area contributed by atoms with Crippen molar-refractivity contribution in [2.24, 2.45) is 5.92 Å². The topological polar surface area (TPSA) is 146 Å². The second-order valence-electron chi connectivity index (χ2n) is 12.5. The molecule has 230 valence electrons. The normalized spacial score (nSPS) is 27.2. The molecular weight excluding hydrogens is 538 g/mol. The van der Waals surface area contributed by atoms with E-state index < -0.39 is 41.1 Å². The Morgan fingerprint density at radius 1 is 1.00 bits per heavy atom. The SMILES string of the molecule is COc1ccc(C[C@H](NC(=O)[C@@H](C)NC(=O)[C@H]2CC[C@@](C)(O)CC2)C(=O)N[C@@H](CC2=CCCC2)C(=O)[C@@]2(C)CO2)cc1. The maximum Gasteiger partial charge on any atom is 0.243 e. The molecule has 2 aliphatic carbocycles. The fourth-order valence-electron chi connectivity index (χ4n) is 5.69. The minimum absolute atomic E-state index is 0.176. The van der Waals surface area contributed by atoms with Gasteiger partial charge in [-0.3, -0.25) is 19.2 Å². The highest BCUT2D eigenvalue weighted by Crippen LogP contribution is 2.32. The third-order valence-corrected chi connectivity index (χ3v) is 8.75. The van der Waals surface area contributed by atoms with Crippen LogP contribution < -0.4 is 20.7 Å². The Kier molecular flexibility index (Phi) is 10.1. The summed E-state index contributed by atoms with van der Waals surface area (Å²) in [4.78, 5) is 53.2. The van der Waals surface area contributed by atoms with E-state index in [1.807, 2.05) is 12.1 Å². The van der Waals surface area contributed by atoms with Gasteiger partial charge < -0.3 is 30.5 Å². The summed E-state index contributed by atoms with van der Waals surface area (Å²) in [5.74, 6) is -1.01. The number of amides is 3. The molecular formula is C32H45N3O7. The van der Waals surface area contributed by atoms with Crippen molar-refractivity contribution >= 4 is 23.5 Å². The first-order chi connectivity index (χ1) is 19.9. The third kappa shape index (κ3) is 8.41. The van der Waals surface area contributed by atoms with Gasteiger partial charge in [0.2, 0.25) is 17.7 Å². The molecule has 3 aliphatic rings. The molecule has 0 unspecified atom stereocenters. The predicted molar refractivity (Wildman–Crippen MR) is 157 cm³/mol. The van der Waals surface area contributed by atoms with Crippen LogP contribution in [0.3, 0.4) is 0 Å². The zero-order chi connectivity index (χ0) is 30.5. The number of hydrogen-bond acceptors (Lipinski definition) is 7. The Morgan fingerprint density at radius 3 is 2.21 bits per heavy atom. The molecule has 10 heteroatoms. The van der Waals surface area contributed by atoms with Crippen LogP contribution in [0.2, 0.25) is 0 Å². The number of epoxide rings is 1. The molecule has 10 nitrogen and oxygen atoms in total. The Balaban J connectivity index is 1.45. The molecule has 3 amide bonds. The second kappa shape index (κ2) is 13.4. The standard InChI is InChI=1S/C32H45N3O7/c1-20(33-29(38)23-13-15-31(2,40)16-14-23)28(37)35-26(18-22-9-11-24(41-4)12-10-22)30(39)34-25(17-21-7-5-6-8-21)27(36)32(3)19-42-32/h7,9-12,20,23,25-26,40H,5-6,8,13-19H2,1-4H3,(H,33,38)(H,34,39)(H,35,37)/t20-,23-,25+,26+,31+,32-/m1/s1. The fourth-order valence-corrected chi connectivity index (χ4v) is 5.69. The predicted octanol–water partition coefficient (Wildman–Crippen LogP) is 2.51. The number of ketones is 1. The number of nitrogens with one attached hydrogen (secondary N) is 3. The number of carbonyl (C=O) groups is 4. The van der Waals surface area contributed by atoms with Crippen LogP contribution in [0, 0.1) is 5.92 Å². The van der Waals surface area contributed by atoms with Crippen LogP contribution in [0.25, 0.3) is 0 Å². The molecule has 1 aromatic rings. The second-order valence-corrected chi connectivity index (χ2v) is 12.5. The van der Waals surface area contributed by atoms with Crippen molar-refractivity contribution in [1.29, 1.82) is 0 Å². The molecule has 0 bridgehead atoms. The number of ether oxygens (including phenoxy) is 2. The number of aliphatic hydroxyl groups is 1. The van der Waals surface area contributed by atoms with Gasteiger partial charge in [0, 0.05) is 12.3 Å². The van der Waals surface area contributed by atoms with E-state index >= 15 is 0 Å². The van der Waals surface area contributed by atoms with Crippen LogP contribution in [0.15, 0.2) is 35.9 Å². The zero-order valence-corrected chi connectivity index (χ0v) is 25.2. The molecule has 0 aromatic heterocycles. The first-order valence-corrected chi connectivity index (χ1v) is 15.0. The molecule has 1 aromatic carbocycles. The Morgan fingerprint density at radius 2 is 1.64 bits per heavy atom. The summed E-state index contributed by atoms with van der Waals surface area (Å²) < 4.78 is 10.6. The smallest absolute Gasteiger partial charge is 0.243 e. The lowest BCUT2D eigenvalue weighted by atomic mass is 9.79. The van der Waals surface area contributed by atoms with Crippen LogP contribution in [0.1, 0.15) is 77.7 Å². The van der Waals surface area contributed by atoms with Gasteiger partial charge in [-0.1, -0.05) is 23.8 Å². The molecule has 1 saturated carbocycles. The lowest BCUT2D eigenvalue weighted by Crippen LogP contribution is -2.57. The van der Waals surface area contributed by atoms with Crippen molar-refractivity contribution < 1.29 is 33.8 Å². The van der Waals surface area contributed by atoms with Gasteiger partial charge in [0.15, 0.2) is 5.78 Å². The van der Waals surface area contributed by atoms with Gasteiger partial charge in [-0.2, -0.15) is 0 Å². The minimum atomic E-state index is -0.990. The van der Waals surface area contributed by atoms with E-state index in [0.717, 1.165) is 30.4 Å². The van der Waals surface area contributed by atoms with Crippen LogP contribution in [-0.4, -0.2) is 71.7 Å². The quantitative estimate of drug-likeness (QED) is 0.206. The van der Waals surface area contributed by atoms with Crippen molar-refractivity contribution in [2.75, 3.05) is 13.7 Å². The van der Waals surface area contributed by atoms with Gasteiger partial charge in [0.25, 0.3) is 0 Å². The van der Waals surface area contributed by atoms with Crippen molar-refractivity contribution in [3.8, 4) is 5.75 Å². The summed E-state index contributed by atoms with van der Waals surface area (Å²) in [7, 11) is 1.57. The van der Waals surface area contributed by atoms with Gasteiger partial charge in [-0.15, -0.1) is 0 Å². The van der Waals surface area contributed by atoms with Gasteiger partial charge in [-0.05, 0) is 89.8 Å². The van der Waals surface area contributed by atoms with Gasteiger partial charge in [0.05, 0.1) is 25.4 Å². The number of Topliss-reactive ketones (excluding diaryl/α,β-unsaturated/α-hetero) is 1. The lowest BCUT2D eigenvalue weighted by Gasteiger charge is -2.32. The third-order valence-electron chi connectivity index (χ3n) is 8.75.